The van der Waals surface area contributed by atoms with Crippen LogP contribution in [0.2, 0.25) is 0 Å². The van der Waals surface area contributed by atoms with Gasteiger partial charge in [-0.15, -0.1) is 46.4 Å². The van der Waals surface area contributed by atoms with Crippen LogP contribution >= 0.6 is 78.3 Å². The minimum Gasteiger partial charge on any atom is -0.308 e. The predicted molar refractivity (Wildman–Crippen MR) is 98.5 cm³/mol. The third kappa shape index (κ3) is 6.36. The summed E-state index contributed by atoms with van der Waals surface area (Å²) < 4.78 is 33.1. The molecule has 124 valence electrons. The lowest BCUT2D eigenvalue weighted by Gasteiger charge is -2.44. The zero-order chi connectivity index (χ0) is 16.1. The van der Waals surface area contributed by atoms with E-state index in [1.165, 1.54) is 0 Å². The molecule has 0 aromatic rings. The molecule has 0 radical (unpaired) electrons. The fourth-order valence-corrected chi connectivity index (χ4v) is 9.31. The zero-order valence-corrected chi connectivity index (χ0v) is 17.6. The molecule has 0 aromatic carbocycles. The van der Waals surface area contributed by atoms with Gasteiger partial charge in [-0.05, 0) is 0 Å². The highest BCUT2D eigenvalue weighted by molar-refractivity contribution is 9.09. The first-order valence-corrected chi connectivity index (χ1v) is 12.1. The van der Waals surface area contributed by atoms with E-state index in [-0.39, 0.29) is 23.5 Å². The molecule has 10 heteroatoms. The highest BCUT2D eigenvalue weighted by Gasteiger charge is 2.47. The first-order valence-electron chi connectivity index (χ1n) is 5.54. The molecule has 0 spiro atoms. The second-order valence-electron chi connectivity index (χ2n) is 5.28. The van der Waals surface area contributed by atoms with E-state index in [2.05, 4.69) is 31.9 Å². The molecule has 0 bridgehead atoms. The number of hydrogen-bond donors (Lipinski definition) is 2. The Balaban J connectivity index is 5.40. The van der Waals surface area contributed by atoms with Crippen molar-refractivity contribution >= 4 is 87.9 Å². The Hall–Kier alpha value is 2.19. The molecule has 0 saturated heterocycles. The van der Waals surface area contributed by atoms with Gasteiger partial charge in [-0.2, -0.15) is 0 Å². The van der Waals surface area contributed by atoms with Crippen molar-refractivity contribution in [2.45, 2.75) is 0 Å². The Morgan fingerprint density at radius 2 is 1.05 bits per heavy atom. The molecule has 0 aromatic heterocycles. The highest BCUT2D eigenvalue weighted by atomic mass is 79.9. The van der Waals surface area contributed by atoms with Crippen molar-refractivity contribution in [2.24, 2.45) is 10.8 Å². The summed E-state index contributed by atoms with van der Waals surface area (Å²) in [5.74, 6) is -0.683. The van der Waals surface area contributed by atoms with Crippen LogP contribution < -0.4 is 0 Å². The van der Waals surface area contributed by atoms with E-state index < -0.39 is 32.0 Å². The minimum atomic E-state index is -4.95. The van der Waals surface area contributed by atoms with Crippen LogP contribution in [-0.2, 0) is 9.63 Å². The van der Waals surface area contributed by atoms with Crippen molar-refractivity contribution in [3.8, 4) is 0 Å². The van der Waals surface area contributed by atoms with Gasteiger partial charge in [0.15, 0.2) is 0 Å². The van der Waals surface area contributed by atoms with Gasteiger partial charge in [0, 0.05) is 45.0 Å². The summed E-state index contributed by atoms with van der Waals surface area (Å²) >= 11 is 29.8. The Labute approximate surface area is 156 Å². The van der Waals surface area contributed by atoms with Gasteiger partial charge in [0.05, 0.1) is 21.1 Å². The molecule has 0 amide bonds. The molecule has 2 N–H and O–H groups in total. The first kappa shape index (κ1) is 22.2. The molecule has 0 rings (SSSR count). The quantitative estimate of drug-likeness (QED) is 0.419. The number of hydrogen-bond acceptors (Lipinski definition) is 1. The molecule has 0 aliphatic heterocycles. The van der Waals surface area contributed by atoms with Crippen LogP contribution in [0.15, 0.2) is 0 Å². The Kier molecular flexibility index (Phi) is 9.25. The number of rotatable bonds is 10. The third-order valence-corrected chi connectivity index (χ3v) is 9.93. The third-order valence-electron chi connectivity index (χ3n) is 2.89. The van der Waals surface area contributed by atoms with Crippen LogP contribution in [-0.4, -0.2) is 59.0 Å². The van der Waals surface area contributed by atoms with E-state index in [1.54, 1.807) is 0 Å². The summed E-state index contributed by atoms with van der Waals surface area (Å²) in [6, 6.07) is 0. The van der Waals surface area contributed by atoms with Crippen molar-refractivity contribution in [2.75, 3.05) is 45.7 Å². The summed E-state index contributed by atoms with van der Waals surface area (Å²) in [7, 11) is -4.95. The van der Waals surface area contributed by atoms with E-state index in [9.17, 15) is 13.3 Å². The van der Waals surface area contributed by atoms with Crippen molar-refractivity contribution in [1.82, 2.24) is 0 Å². The van der Waals surface area contributed by atoms with Crippen LogP contribution in [0.25, 0.3) is 0 Å². The first-order chi connectivity index (χ1) is 9.05. The Bertz CT molecular complexity index is 325. The summed E-state index contributed by atoms with van der Waals surface area (Å²) in [4.78, 5) is 0. The second kappa shape index (κ2) is 8.34. The lowest BCUT2D eigenvalue weighted by atomic mass is 9.99. The molecular weight excluding hydrogens is 502 g/mol. The van der Waals surface area contributed by atoms with Gasteiger partial charge in [-0.25, -0.2) is 4.21 Å². The molecule has 0 saturated carbocycles. The maximum atomic E-state index is 12.6. The van der Waals surface area contributed by atoms with Crippen molar-refractivity contribution < 1.29 is 13.3 Å². The van der Waals surface area contributed by atoms with E-state index >= 15 is 0 Å². The number of halogens is 6. The lowest BCUT2D eigenvalue weighted by molar-refractivity contribution is 0.339. The van der Waals surface area contributed by atoms with Crippen molar-refractivity contribution in [3.63, 3.8) is 0 Å². The Morgan fingerprint density at radius 1 is 0.800 bits per heavy atom. The van der Waals surface area contributed by atoms with Crippen LogP contribution in [0.5, 0.6) is 0 Å². The standard InChI is InChI=1S/C10H18Br2Cl4O3S/c11-1-9(3-13,4-14)7-20(17,18,19)8-10(2-12,5-15)6-16/h1-8H2,(H2,17,18,19). The molecule has 0 fully saturated rings. The van der Waals surface area contributed by atoms with Gasteiger partial charge in [0.25, 0.3) is 0 Å². The van der Waals surface area contributed by atoms with Gasteiger partial charge >= 0.3 is 0 Å². The zero-order valence-electron chi connectivity index (χ0n) is 10.6. The van der Waals surface area contributed by atoms with E-state index in [0.29, 0.717) is 10.7 Å². The van der Waals surface area contributed by atoms with Gasteiger partial charge < -0.3 is 9.11 Å². The SMILES string of the molecule is O=S(O)(O)(CC(CCl)(CCl)CBr)CC(CCl)(CCl)CBr. The van der Waals surface area contributed by atoms with Crippen LogP contribution in [0, 0.1) is 10.8 Å². The molecule has 20 heavy (non-hydrogen) atoms. The van der Waals surface area contributed by atoms with Crippen LogP contribution in [0.3, 0.4) is 0 Å². The molecule has 0 aliphatic rings. The summed E-state index contributed by atoms with van der Waals surface area (Å²) in [5, 5.41) is 0.595. The monoisotopic (exact) mass is 516 g/mol. The van der Waals surface area contributed by atoms with E-state index in [1.807, 2.05) is 0 Å². The average Bonchev–Trinajstić information content (AvgIpc) is 2.42. The molecule has 0 atom stereocenters. The summed E-state index contributed by atoms with van der Waals surface area (Å²) in [5.41, 5.74) is -1.76. The fourth-order valence-electron chi connectivity index (χ4n) is 1.73. The maximum absolute atomic E-state index is 12.6. The maximum Gasteiger partial charge on any atom is 0.0839 e. The topological polar surface area (TPSA) is 57.5 Å². The Morgan fingerprint density at radius 3 is 1.20 bits per heavy atom. The molecule has 3 nitrogen and oxygen atoms in total. The molecule has 0 unspecified atom stereocenters. The predicted octanol–water partition coefficient (Wildman–Crippen LogP) is 4.47. The highest BCUT2D eigenvalue weighted by Crippen LogP contribution is 2.39. The smallest absolute Gasteiger partial charge is 0.0839 e. The summed E-state index contributed by atoms with van der Waals surface area (Å²) in [6.45, 7) is 0. The van der Waals surface area contributed by atoms with Gasteiger partial charge in [-0.1, -0.05) is 31.9 Å². The fraction of sp³-hybridized carbons (Fsp3) is 1.00. The minimum absolute atomic E-state index is 0.0421. The van der Waals surface area contributed by atoms with E-state index in [4.69, 9.17) is 46.4 Å². The molecular formula is C10H18Br2Cl4O3S. The summed E-state index contributed by atoms with van der Waals surface area (Å²) in [6.07, 6.45) is 0. The lowest BCUT2D eigenvalue weighted by Crippen LogP contribution is -2.54. The van der Waals surface area contributed by atoms with Crippen molar-refractivity contribution in [1.29, 1.82) is 0 Å². The molecule has 0 aliphatic carbocycles. The van der Waals surface area contributed by atoms with E-state index in [0.717, 1.165) is 0 Å². The normalized spacial score (nSPS) is 15.9. The van der Waals surface area contributed by atoms with Gasteiger partial charge in [0.1, 0.15) is 0 Å². The van der Waals surface area contributed by atoms with Gasteiger partial charge in [-0.3, -0.25) is 0 Å². The van der Waals surface area contributed by atoms with Gasteiger partial charge in [0.2, 0.25) is 0 Å². The largest absolute Gasteiger partial charge is 0.308 e. The second-order valence-corrected chi connectivity index (χ2v) is 10.4. The van der Waals surface area contributed by atoms with Crippen molar-refractivity contribution in [3.05, 3.63) is 0 Å². The van der Waals surface area contributed by atoms with Crippen LogP contribution in [0.1, 0.15) is 0 Å². The number of alkyl halides is 6. The molecule has 0 heterocycles. The average molecular weight is 520 g/mol. The van der Waals surface area contributed by atoms with Crippen LogP contribution in [0.4, 0.5) is 0 Å².